The molecule has 0 aromatic rings. The van der Waals surface area contributed by atoms with E-state index >= 15 is 0 Å². The highest BCUT2D eigenvalue weighted by Gasteiger charge is 2.24. The molecular weight excluding hydrogens is 210 g/mol. The van der Waals surface area contributed by atoms with Crippen LogP contribution in [0.3, 0.4) is 0 Å². The van der Waals surface area contributed by atoms with Gasteiger partial charge in [-0.1, -0.05) is 19.8 Å². The predicted molar refractivity (Wildman–Crippen MR) is 54.2 cm³/mol. The fourth-order valence-corrected chi connectivity index (χ4v) is 2.82. The molecule has 1 saturated carbocycles. The van der Waals surface area contributed by atoms with Crippen LogP contribution in [0.15, 0.2) is 0 Å². The third-order valence-corrected chi connectivity index (χ3v) is 4.40. The Morgan fingerprint density at radius 1 is 1.38 bits per heavy atom. The third-order valence-electron chi connectivity index (χ3n) is 2.59. The Labute approximate surface area is 84.9 Å². The van der Waals surface area contributed by atoms with Crippen molar-refractivity contribution >= 4 is 21.6 Å². The smallest absolute Gasteiger partial charge is 0.211 e. The average Bonchev–Trinajstić information content (AvgIpc) is 2.09. The summed E-state index contributed by atoms with van der Waals surface area (Å²) in [6.07, 6.45) is 4.37. The number of sulfonamides is 1. The lowest BCUT2D eigenvalue weighted by atomic mass is 9.87. The summed E-state index contributed by atoms with van der Waals surface area (Å²) in [5, 5.41) is -0.337. The van der Waals surface area contributed by atoms with Gasteiger partial charge in [-0.15, -0.1) is 11.6 Å². The van der Waals surface area contributed by atoms with E-state index in [1.54, 1.807) is 0 Å². The molecule has 3 nitrogen and oxygen atoms in total. The number of alkyl halides is 1. The normalized spacial score (nSPS) is 30.3. The van der Waals surface area contributed by atoms with Crippen LogP contribution in [0.25, 0.3) is 0 Å². The maximum absolute atomic E-state index is 11.2. The quantitative estimate of drug-likeness (QED) is 0.743. The molecule has 2 atom stereocenters. The third kappa shape index (κ3) is 3.44. The van der Waals surface area contributed by atoms with E-state index in [1.807, 2.05) is 0 Å². The summed E-state index contributed by atoms with van der Waals surface area (Å²) in [5.74, 6) is 0.437. The summed E-state index contributed by atoms with van der Waals surface area (Å²) in [5.41, 5.74) is 0. The van der Waals surface area contributed by atoms with Crippen LogP contribution in [0.2, 0.25) is 0 Å². The largest absolute Gasteiger partial charge is 0.225 e. The van der Waals surface area contributed by atoms with E-state index in [1.165, 1.54) is 6.42 Å². The molecule has 78 valence electrons. The lowest BCUT2D eigenvalue weighted by Crippen LogP contribution is -2.41. The molecular formula is C8H16ClNO2S. The van der Waals surface area contributed by atoms with E-state index in [4.69, 9.17) is 11.6 Å². The minimum absolute atomic E-state index is 0.0949. The van der Waals surface area contributed by atoms with Crippen LogP contribution in [0.5, 0.6) is 0 Å². The van der Waals surface area contributed by atoms with Crippen molar-refractivity contribution in [1.29, 1.82) is 0 Å². The van der Waals surface area contributed by atoms with Crippen molar-refractivity contribution in [2.45, 2.75) is 38.6 Å². The summed E-state index contributed by atoms with van der Waals surface area (Å²) < 4.78 is 25.0. The maximum Gasteiger partial charge on any atom is 0.225 e. The molecule has 1 N–H and O–H groups in total. The van der Waals surface area contributed by atoms with Gasteiger partial charge in [-0.25, -0.2) is 13.1 Å². The first-order chi connectivity index (χ1) is 6.05. The van der Waals surface area contributed by atoms with Gasteiger partial charge in [-0.3, -0.25) is 0 Å². The van der Waals surface area contributed by atoms with E-state index in [2.05, 4.69) is 11.6 Å². The second kappa shape index (κ2) is 4.62. The summed E-state index contributed by atoms with van der Waals surface area (Å²) in [4.78, 5) is 0. The molecule has 0 spiro atoms. The van der Waals surface area contributed by atoms with Crippen LogP contribution < -0.4 is 4.72 Å². The molecule has 0 bridgehead atoms. The van der Waals surface area contributed by atoms with Gasteiger partial charge in [0.25, 0.3) is 0 Å². The highest BCUT2D eigenvalue weighted by molar-refractivity contribution is 7.90. The zero-order valence-electron chi connectivity index (χ0n) is 7.79. The number of nitrogens with one attached hydrogen (secondary N) is 1. The summed E-state index contributed by atoms with van der Waals surface area (Å²) in [6.45, 7) is 2.08. The fraction of sp³-hybridized carbons (Fsp3) is 1.00. The minimum atomic E-state index is -3.24. The second-order valence-corrected chi connectivity index (χ2v) is 6.05. The van der Waals surface area contributed by atoms with Crippen LogP contribution in [-0.4, -0.2) is 19.7 Å². The molecule has 0 aromatic carbocycles. The predicted octanol–water partition coefficient (Wildman–Crippen LogP) is 1.68. The molecule has 1 aliphatic rings. The lowest BCUT2D eigenvalue weighted by Gasteiger charge is -2.28. The Bertz CT molecular complexity index is 253. The van der Waals surface area contributed by atoms with E-state index in [0.29, 0.717) is 5.92 Å². The van der Waals surface area contributed by atoms with Gasteiger partial charge < -0.3 is 0 Å². The van der Waals surface area contributed by atoms with Crippen LogP contribution in [0.1, 0.15) is 32.6 Å². The number of rotatable bonds is 3. The highest BCUT2D eigenvalue weighted by atomic mass is 35.5. The first-order valence-corrected chi connectivity index (χ1v) is 6.80. The van der Waals surface area contributed by atoms with E-state index in [0.717, 1.165) is 19.3 Å². The Morgan fingerprint density at radius 2 is 2.00 bits per heavy atom. The standard InChI is InChI=1S/C8H16ClNO2S/c1-7-4-2-3-5-8(7)10-13(11,12)6-9/h7-8,10H,2-6H2,1H3. The molecule has 0 heterocycles. The first kappa shape index (κ1) is 11.3. The average molecular weight is 226 g/mol. The van der Waals surface area contributed by atoms with Crippen molar-refractivity contribution < 1.29 is 8.42 Å². The van der Waals surface area contributed by atoms with Crippen LogP contribution in [-0.2, 0) is 10.0 Å². The monoisotopic (exact) mass is 225 g/mol. The van der Waals surface area contributed by atoms with E-state index in [9.17, 15) is 8.42 Å². The molecule has 0 saturated heterocycles. The molecule has 0 aliphatic heterocycles. The van der Waals surface area contributed by atoms with Crippen molar-refractivity contribution in [2.75, 3.05) is 5.21 Å². The second-order valence-electron chi connectivity index (χ2n) is 3.71. The summed E-state index contributed by atoms with van der Waals surface area (Å²) >= 11 is 5.31. The SMILES string of the molecule is CC1CCCCC1NS(=O)(=O)CCl. The van der Waals surface area contributed by atoms with Crippen LogP contribution >= 0.6 is 11.6 Å². The van der Waals surface area contributed by atoms with Crippen molar-refractivity contribution in [3.05, 3.63) is 0 Å². The van der Waals surface area contributed by atoms with Crippen molar-refractivity contribution in [2.24, 2.45) is 5.92 Å². The Balaban J connectivity index is 2.52. The molecule has 1 fully saturated rings. The molecule has 2 unspecified atom stereocenters. The Hall–Kier alpha value is 0.200. The molecule has 5 heteroatoms. The van der Waals surface area contributed by atoms with Gasteiger partial charge in [0.2, 0.25) is 10.0 Å². The molecule has 1 aliphatic carbocycles. The summed E-state index contributed by atoms with van der Waals surface area (Å²) in [6, 6.07) is 0.0949. The highest BCUT2D eigenvalue weighted by Crippen LogP contribution is 2.24. The van der Waals surface area contributed by atoms with Crippen LogP contribution in [0, 0.1) is 5.92 Å². The van der Waals surface area contributed by atoms with Gasteiger partial charge in [0, 0.05) is 6.04 Å². The zero-order chi connectivity index (χ0) is 9.90. The van der Waals surface area contributed by atoms with Gasteiger partial charge in [0.15, 0.2) is 0 Å². The number of hydrogen-bond acceptors (Lipinski definition) is 2. The van der Waals surface area contributed by atoms with Gasteiger partial charge in [-0.2, -0.15) is 0 Å². The van der Waals surface area contributed by atoms with Gasteiger partial charge in [0.1, 0.15) is 5.21 Å². The van der Waals surface area contributed by atoms with Gasteiger partial charge in [0.05, 0.1) is 0 Å². The molecule has 0 aromatic heterocycles. The minimum Gasteiger partial charge on any atom is -0.211 e. The molecule has 1 rings (SSSR count). The van der Waals surface area contributed by atoms with Gasteiger partial charge >= 0.3 is 0 Å². The topological polar surface area (TPSA) is 46.2 Å². The lowest BCUT2D eigenvalue weighted by molar-refractivity contribution is 0.311. The van der Waals surface area contributed by atoms with Crippen LogP contribution in [0.4, 0.5) is 0 Å². The molecule has 0 radical (unpaired) electrons. The van der Waals surface area contributed by atoms with Crippen molar-refractivity contribution in [1.82, 2.24) is 4.72 Å². The van der Waals surface area contributed by atoms with Crippen molar-refractivity contribution in [3.63, 3.8) is 0 Å². The number of halogens is 1. The van der Waals surface area contributed by atoms with Crippen molar-refractivity contribution in [3.8, 4) is 0 Å². The van der Waals surface area contributed by atoms with E-state index < -0.39 is 10.0 Å². The Morgan fingerprint density at radius 3 is 2.54 bits per heavy atom. The first-order valence-electron chi connectivity index (χ1n) is 4.61. The molecule has 13 heavy (non-hydrogen) atoms. The maximum atomic E-state index is 11.2. The van der Waals surface area contributed by atoms with Gasteiger partial charge in [-0.05, 0) is 18.8 Å². The Kier molecular flexibility index (Phi) is 4.01. The fourth-order valence-electron chi connectivity index (χ4n) is 1.75. The molecule has 0 amide bonds. The van der Waals surface area contributed by atoms with E-state index in [-0.39, 0.29) is 11.3 Å². The zero-order valence-corrected chi connectivity index (χ0v) is 9.37. The number of hydrogen-bond donors (Lipinski definition) is 1. The summed E-state index contributed by atoms with van der Waals surface area (Å²) in [7, 11) is -3.24.